The zero-order valence-electron chi connectivity index (χ0n) is 23.4. The van der Waals surface area contributed by atoms with Crippen molar-refractivity contribution in [3.8, 4) is 40.1 Å². The maximum Gasteiger partial charge on any atom is 0.239 e. The van der Waals surface area contributed by atoms with Gasteiger partial charge in [0, 0.05) is 11.6 Å². The summed E-state index contributed by atoms with van der Waals surface area (Å²) in [6.07, 6.45) is -16.4. The third-order valence-electron chi connectivity index (χ3n) is 7.73. The lowest BCUT2D eigenvalue weighted by Crippen LogP contribution is -2.61. The van der Waals surface area contributed by atoms with Crippen molar-refractivity contribution in [3.63, 3.8) is 0 Å². The van der Waals surface area contributed by atoms with Crippen molar-refractivity contribution in [1.29, 1.82) is 0 Å². The Balaban J connectivity index is 1.51. The summed E-state index contributed by atoms with van der Waals surface area (Å²) in [6, 6.07) is 4.19. The molecule has 11 N–H and O–H groups in total. The Bertz CT molecular complexity index is 1610. The van der Waals surface area contributed by atoms with E-state index in [0.717, 1.165) is 18.2 Å². The SMILES string of the molecule is C[C@@H]1O[C@@H](OC[C@H]2O[C@@H](Oc3c(-c4ccc(O)c(O)c4)oc4cc(O)c(CO)c(O)c4c3=O)[C@H](O)[C@@H](O)[C@@H]2O)[C@H](O)[C@H](O)[C@H]1O. The molecule has 0 amide bonds. The molecule has 0 bridgehead atoms. The van der Waals surface area contributed by atoms with E-state index >= 15 is 0 Å². The molecule has 2 aliphatic heterocycles. The second-order valence-corrected chi connectivity index (χ2v) is 10.7. The van der Waals surface area contributed by atoms with E-state index in [1.807, 2.05) is 0 Å². The molecule has 2 saturated heterocycles. The van der Waals surface area contributed by atoms with Crippen LogP contribution in [0.2, 0.25) is 0 Å². The molecule has 2 aliphatic rings. The van der Waals surface area contributed by atoms with Gasteiger partial charge in [-0.05, 0) is 25.1 Å². The van der Waals surface area contributed by atoms with Gasteiger partial charge in [-0.3, -0.25) is 4.79 Å². The number of ether oxygens (including phenoxy) is 4. The quantitative estimate of drug-likeness (QED) is 0.122. The Hall–Kier alpha value is -3.75. The van der Waals surface area contributed by atoms with Gasteiger partial charge in [-0.15, -0.1) is 0 Å². The normalized spacial score (nSPS) is 32.1. The first kappa shape index (κ1) is 32.6. The van der Waals surface area contributed by atoms with Gasteiger partial charge in [0.2, 0.25) is 17.5 Å². The minimum Gasteiger partial charge on any atom is -0.507 e. The summed E-state index contributed by atoms with van der Waals surface area (Å²) in [5.74, 6) is -3.85. The highest BCUT2D eigenvalue weighted by Gasteiger charge is 2.48. The summed E-state index contributed by atoms with van der Waals surface area (Å²) < 4.78 is 27.8. The van der Waals surface area contributed by atoms with Crippen molar-refractivity contribution >= 4 is 11.0 Å². The van der Waals surface area contributed by atoms with E-state index in [2.05, 4.69) is 0 Å². The Morgan fingerprint density at radius 3 is 2.11 bits per heavy atom. The molecule has 2 aromatic carbocycles. The van der Waals surface area contributed by atoms with Gasteiger partial charge in [-0.25, -0.2) is 0 Å². The van der Waals surface area contributed by atoms with Gasteiger partial charge in [0.1, 0.15) is 65.2 Å². The summed E-state index contributed by atoms with van der Waals surface area (Å²) in [5.41, 5.74) is -2.00. The first-order valence-electron chi connectivity index (χ1n) is 13.6. The molecule has 45 heavy (non-hydrogen) atoms. The standard InChI is InChI=1S/C28H32O17/c1-8-17(33)21(37)23(39)27(42-8)41-7-15-19(35)22(38)24(40)28(44-15)45-26-20(36)16-14(5-12(31)10(6-29)18(16)34)43-25(26)9-2-3-11(30)13(32)4-9/h2-5,8,15,17,19,21-24,27-35,37-40H,6-7H2,1H3/t8-,15+,17-,19+,21+,22-,23+,24+,27+,28-/m0/s1. The first-order chi connectivity index (χ1) is 21.2. The molecule has 0 spiro atoms. The lowest BCUT2D eigenvalue weighted by atomic mass is 9.98. The van der Waals surface area contributed by atoms with Crippen LogP contribution in [0.25, 0.3) is 22.3 Å². The monoisotopic (exact) mass is 640 g/mol. The smallest absolute Gasteiger partial charge is 0.239 e. The average molecular weight is 641 g/mol. The molecule has 3 aromatic rings. The fourth-order valence-electron chi connectivity index (χ4n) is 5.07. The van der Waals surface area contributed by atoms with Crippen LogP contribution in [-0.2, 0) is 20.8 Å². The molecule has 17 nitrogen and oxygen atoms in total. The van der Waals surface area contributed by atoms with Crippen LogP contribution < -0.4 is 10.2 Å². The van der Waals surface area contributed by atoms with Crippen LogP contribution in [0.15, 0.2) is 33.5 Å². The maximum atomic E-state index is 13.8. The molecule has 3 heterocycles. The van der Waals surface area contributed by atoms with Crippen molar-refractivity contribution in [3.05, 3.63) is 40.1 Å². The summed E-state index contributed by atoms with van der Waals surface area (Å²) in [4.78, 5) is 13.8. The van der Waals surface area contributed by atoms with E-state index in [9.17, 15) is 61.0 Å². The number of fused-ring (bicyclic) bond motifs is 1. The second kappa shape index (κ2) is 12.6. The molecule has 17 heteroatoms. The number of aliphatic hydroxyl groups excluding tert-OH is 7. The van der Waals surface area contributed by atoms with Crippen LogP contribution in [-0.4, -0.2) is 124 Å². The molecule has 10 atom stereocenters. The van der Waals surface area contributed by atoms with Crippen LogP contribution in [0.5, 0.6) is 28.7 Å². The van der Waals surface area contributed by atoms with Crippen molar-refractivity contribution in [2.45, 2.75) is 74.9 Å². The highest BCUT2D eigenvalue weighted by Crippen LogP contribution is 2.41. The average Bonchev–Trinajstić information content (AvgIpc) is 3.00. The van der Waals surface area contributed by atoms with Crippen LogP contribution in [0, 0.1) is 0 Å². The molecule has 5 rings (SSSR count). The number of rotatable bonds is 7. The molecule has 2 fully saturated rings. The number of hydrogen-bond acceptors (Lipinski definition) is 17. The van der Waals surface area contributed by atoms with Crippen LogP contribution in [0.3, 0.4) is 0 Å². The maximum absolute atomic E-state index is 13.8. The lowest BCUT2D eigenvalue weighted by Gasteiger charge is -2.42. The molecule has 0 saturated carbocycles. The third-order valence-corrected chi connectivity index (χ3v) is 7.73. The van der Waals surface area contributed by atoms with Gasteiger partial charge in [-0.2, -0.15) is 0 Å². The van der Waals surface area contributed by atoms with Crippen molar-refractivity contribution in [2.75, 3.05) is 6.61 Å². The number of phenols is 4. The van der Waals surface area contributed by atoms with E-state index in [4.69, 9.17) is 23.4 Å². The summed E-state index contributed by atoms with van der Waals surface area (Å²) in [5, 5.41) is 112. The van der Waals surface area contributed by atoms with Gasteiger partial charge in [0.05, 0.1) is 24.9 Å². The fraction of sp³-hybridized carbons (Fsp3) is 0.464. The minimum atomic E-state index is -2.01. The topological polar surface area (TPSA) is 290 Å². The van der Waals surface area contributed by atoms with Crippen LogP contribution >= 0.6 is 0 Å². The Labute approximate surface area is 252 Å². The van der Waals surface area contributed by atoms with Gasteiger partial charge in [0.15, 0.2) is 23.5 Å². The number of hydrogen-bond donors (Lipinski definition) is 11. The highest BCUT2D eigenvalue weighted by molar-refractivity contribution is 5.90. The number of phenolic OH excluding ortho intramolecular Hbond substituents is 2. The Kier molecular flexibility index (Phi) is 9.11. The van der Waals surface area contributed by atoms with E-state index in [-0.39, 0.29) is 11.1 Å². The van der Waals surface area contributed by atoms with Gasteiger partial charge in [-0.1, -0.05) is 0 Å². The number of aliphatic hydroxyl groups is 7. The van der Waals surface area contributed by atoms with Crippen molar-refractivity contribution in [2.24, 2.45) is 0 Å². The van der Waals surface area contributed by atoms with E-state index in [1.54, 1.807) is 0 Å². The number of aromatic hydroxyl groups is 4. The molecular weight excluding hydrogens is 608 g/mol. The third kappa shape index (κ3) is 5.86. The zero-order chi connectivity index (χ0) is 32.9. The molecular formula is C28H32O17. The van der Waals surface area contributed by atoms with E-state index in [1.165, 1.54) is 13.0 Å². The largest absolute Gasteiger partial charge is 0.507 e. The minimum absolute atomic E-state index is 0.0754. The van der Waals surface area contributed by atoms with Gasteiger partial charge < -0.3 is 79.5 Å². The second-order valence-electron chi connectivity index (χ2n) is 10.7. The summed E-state index contributed by atoms with van der Waals surface area (Å²) >= 11 is 0. The van der Waals surface area contributed by atoms with Crippen molar-refractivity contribution < 1.29 is 79.5 Å². The van der Waals surface area contributed by atoms with Crippen molar-refractivity contribution in [1.82, 2.24) is 0 Å². The molecule has 0 aliphatic carbocycles. The van der Waals surface area contributed by atoms with Gasteiger partial charge >= 0.3 is 0 Å². The Morgan fingerprint density at radius 1 is 0.778 bits per heavy atom. The molecule has 1 aromatic heterocycles. The van der Waals surface area contributed by atoms with Crippen LogP contribution in [0.4, 0.5) is 0 Å². The van der Waals surface area contributed by atoms with E-state index in [0.29, 0.717) is 0 Å². The molecule has 0 unspecified atom stereocenters. The predicted molar refractivity (Wildman–Crippen MR) is 146 cm³/mol. The van der Waals surface area contributed by atoms with Gasteiger partial charge in [0.25, 0.3) is 0 Å². The lowest BCUT2D eigenvalue weighted by molar-refractivity contribution is -0.318. The molecule has 246 valence electrons. The highest BCUT2D eigenvalue weighted by atomic mass is 16.7. The molecule has 0 radical (unpaired) electrons. The first-order valence-corrected chi connectivity index (χ1v) is 13.6. The number of benzene rings is 2. The van der Waals surface area contributed by atoms with E-state index < -0.39 is 126 Å². The van der Waals surface area contributed by atoms with Crippen LogP contribution in [0.1, 0.15) is 12.5 Å². The Morgan fingerprint density at radius 2 is 1.44 bits per heavy atom. The zero-order valence-corrected chi connectivity index (χ0v) is 23.4. The predicted octanol–water partition coefficient (Wildman–Crippen LogP) is -2.19. The summed E-state index contributed by atoms with van der Waals surface area (Å²) in [6.45, 7) is -0.0937. The fourth-order valence-corrected chi connectivity index (χ4v) is 5.07. The summed E-state index contributed by atoms with van der Waals surface area (Å²) in [7, 11) is 0.